The number of benzene rings is 1. The van der Waals surface area contributed by atoms with E-state index in [1.807, 2.05) is 24.3 Å². The van der Waals surface area contributed by atoms with E-state index in [4.69, 9.17) is 18.0 Å². The first-order valence-electron chi connectivity index (χ1n) is 5.58. The maximum atomic E-state index is 12.0. The van der Waals surface area contributed by atoms with Gasteiger partial charge in [-0.15, -0.1) is 0 Å². The fourth-order valence-corrected chi connectivity index (χ4v) is 1.80. The van der Waals surface area contributed by atoms with Gasteiger partial charge in [0.05, 0.1) is 6.20 Å². The zero-order valence-electron chi connectivity index (χ0n) is 10.3. The number of hydrogen-bond donors (Lipinski definition) is 2. The first-order valence-corrected chi connectivity index (χ1v) is 5.98. The highest BCUT2D eigenvalue weighted by molar-refractivity contribution is 7.80. The zero-order valence-corrected chi connectivity index (χ0v) is 11.1. The van der Waals surface area contributed by atoms with Crippen molar-refractivity contribution in [1.29, 1.82) is 0 Å². The molecule has 0 radical (unpaired) electrons. The van der Waals surface area contributed by atoms with Gasteiger partial charge in [-0.05, 0) is 11.6 Å². The van der Waals surface area contributed by atoms with Crippen LogP contribution in [0.15, 0.2) is 30.5 Å². The molecule has 0 aliphatic heterocycles. The Bertz CT molecular complexity index is 596. The number of nitrogens with one attached hydrogen (secondary N) is 1. The lowest BCUT2D eigenvalue weighted by molar-refractivity contribution is 0.0779. The molecular weight excluding hydrogens is 262 g/mol. The Labute approximate surface area is 115 Å². The summed E-state index contributed by atoms with van der Waals surface area (Å²) in [5.74, 6) is -0.200. The summed E-state index contributed by atoms with van der Waals surface area (Å²) in [6.45, 7) is 0.447. The Morgan fingerprint density at radius 3 is 2.95 bits per heavy atom. The van der Waals surface area contributed by atoms with Crippen LogP contribution in [0.25, 0.3) is 0 Å². The number of aromatic amines is 1. The summed E-state index contributed by atoms with van der Waals surface area (Å²) in [4.78, 5) is 13.9. The Balaban J connectivity index is 2.10. The SMILES string of the molecule is CN(Cc1cccc(C(N)=S)c1)C(=O)c1cn[nH]n1. The molecule has 1 amide bonds. The monoisotopic (exact) mass is 275 g/mol. The summed E-state index contributed by atoms with van der Waals surface area (Å²) < 4.78 is 0. The van der Waals surface area contributed by atoms with Crippen LogP contribution in [0.1, 0.15) is 21.6 Å². The predicted molar refractivity (Wildman–Crippen MR) is 74.5 cm³/mol. The van der Waals surface area contributed by atoms with Gasteiger partial charge in [0.25, 0.3) is 5.91 Å². The van der Waals surface area contributed by atoms with E-state index >= 15 is 0 Å². The Hall–Kier alpha value is -2.28. The van der Waals surface area contributed by atoms with Crippen LogP contribution in [-0.4, -0.2) is 38.3 Å². The summed E-state index contributed by atoms with van der Waals surface area (Å²) in [6.07, 6.45) is 1.39. The van der Waals surface area contributed by atoms with Gasteiger partial charge in [0, 0.05) is 19.2 Å². The number of carbonyl (C=O) groups is 1. The molecular formula is C12H13N5OS. The molecule has 0 bridgehead atoms. The molecule has 1 aromatic heterocycles. The van der Waals surface area contributed by atoms with E-state index in [0.717, 1.165) is 11.1 Å². The number of aromatic nitrogens is 3. The zero-order chi connectivity index (χ0) is 13.8. The lowest BCUT2D eigenvalue weighted by Gasteiger charge is -2.16. The second-order valence-electron chi connectivity index (χ2n) is 4.08. The van der Waals surface area contributed by atoms with Crippen molar-refractivity contribution in [1.82, 2.24) is 20.3 Å². The van der Waals surface area contributed by atoms with Crippen LogP contribution in [0, 0.1) is 0 Å². The minimum absolute atomic E-state index is 0.200. The lowest BCUT2D eigenvalue weighted by atomic mass is 10.1. The maximum Gasteiger partial charge on any atom is 0.276 e. The molecule has 0 saturated carbocycles. The van der Waals surface area contributed by atoms with Gasteiger partial charge in [0.15, 0.2) is 5.69 Å². The number of rotatable bonds is 4. The molecule has 98 valence electrons. The number of H-pyrrole nitrogens is 1. The summed E-state index contributed by atoms with van der Waals surface area (Å²) in [5, 5.41) is 9.78. The molecule has 6 nitrogen and oxygen atoms in total. The van der Waals surface area contributed by atoms with Crippen LogP contribution in [0.4, 0.5) is 0 Å². The quantitative estimate of drug-likeness (QED) is 0.802. The van der Waals surface area contributed by atoms with Gasteiger partial charge in [-0.3, -0.25) is 4.79 Å². The fraction of sp³-hybridized carbons (Fsp3) is 0.167. The third kappa shape index (κ3) is 3.14. The van der Waals surface area contributed by atoms with Crippen LogP contribution < -0.4 is 5.73 Å². The molecule has 0 unspecified atom stereocenters. The van der Waals surface area contributed by atoms with Gasteiger partial charge >= 0.3 is 0 Å². The van der Waals surface area contributed by atoms with Crippen molar-refractivity contribution in [2.45, 2.75) is 6.54 Å². The van der Waals surface area contributed by atoms with Crippen LogP contribution in [-0.2, 0) is 6.54 Å². The van der Waals surface area contributed by atoms with Crippen molar-refractivity contribution in [3.8, 4) is 0 Å². The lowest BCUT2D eigenvalue weighted by Crippen LogP contribution is -2.26. The first-order chi connectivity index (χ1) is 9.08. The number of thiocarbonyl (C=S) groups is 1. The number of nitrogens with two attached hydrogens (primary N) is 1. The van der Waals surface area contributed by atoms with Gasteiger partial charge in [-0.1, -0.05) is 30.4 Å². The van der Waals surface area contributed by atoms with Crippen molar-refractivity contribution in [2.75, 3.05) is 7.05 Å². The normalized spacial score (nSPS) is 10.2. The molecule has 0 saturated heterocycles. The third-order valence-corrected chi connectivity index (χ3v) is 2.85. The summed E-state index contributed by atoms with van der Waals surface area (Å²) in [5.41, 5.74) is 7.60. The van der Waals surface area contributed by atoms with Crippen molar-refractivity contribution >= 4 is 23.1 Å². The average molecular weight is 275 g/mol. The fourth-order valence-electron chi connectivity index (χ4n) is 1.67. The molecule has 2 aromatic rings. The van der Waals surface area contributed by atoms with E-state index in [9.17, 15) is 4.79 Å². The van der Waals surface area contributed by atoms with E-state index in [1.165, 1.54) is 6.20 Å². The van der Waals surface area contributed by atoms with Gasteiger partial charge < -0.3 is 10.6 Å². The second kappa shape index (κ2) is 5.57. The van der Waals surface area contributed by atoms with E-state index in [0.29, 0.717) is 11.5 Å². The van der Waals surface area contributed by atoms with Crippen LogP contribution in [0.2, 0.25) is 0 Å². The molecule has 0 aliphatic carbocycles. The van der Waals surface area contributed by atoms with Crippen molar-refractivity contribution in [3.63, 3.8) is 0 Å². The highest BCUT2D eigenvalue weighted by atomic mass is 32.1. The van der Waals surface area contributed by atoms with Gasteiger partial charge in [-0.25, -0.2) is 0 Å². The molecule has 7 heteroatoms. The molecule has 2 rings (SSSR count). The molecule has 1 aromatic carbocycles. The van der Waals surface area contributed by atoms with Crippen molar-refractivity contribution in [3.05, 3.63) is 47.3 Å². The third-order valence-electron chi connectivity index (χ3n) is 2.61. The highest BCUT2D eigenvalue weighted by Gasteiger charge is 2.14. The van der Waals surface area contributed by atoms with Gasteiger partial charge in [0.2, 0.25) is 0 Å². The van der Waals surface area contributed by atoms with Gasteiger partial charge in [-0.2, -0.15) is 15.4 Å². The summed E-state index contributed by atoms with van der Waals surface area (Å²) in [7, 11) is 1.70. The number of amides is 1. The number of hydrogen-bond acceptors (Lipinski definition) is 4. The largest absolute Gasteiger partial charge is 0.389 e. The molecule has 1 heterocycles. The summed E-state index contributed by atoms with van der Waals surface area (Å²) >= 11 is 4.93. The Morgan fingerprint density at radius 1 is 1.53 bits per heavy atom. The van der Waals surface area contributed by atoms with E-state index in [-0.39, 0.29) is 11.6 Å². The molecule has 3 N–H and O–H groups in total. The summed E-state index contributed by atoms with van der Waals surface area (Å²) in [6, 6.07) is 7.48. The first kappa shape index (κ1) is 13.2. The highest BCUT2D eigenvalue weighted by Crippen LogP contribution is 2.09. The topological polar surface area (TPSA) is 87.9 Å². The Kier molecular flexibility index (Phi) is 3.86. The average Bonchev–Trinajstić information content (AvgIpc) is 2.92. The minimum atomic E-state index is -0.200. The Morgan fingerprint density at radius 2 is 2.32 bits per heavy atom. The second-order valence-corrected chi connectivity index (χ2v) is 4.52. The van der Waals surface area contributed by atoms with E-state index < -0.39 is 0 Å². The molecule has 19 heavy (non-hydrogen) atoms. The minimum Gasteiger partial charge on any atom is -0.389 e. The van der Waals surface area contributed by atoms with Crippen LogP contribution in [0.3, 0.4) is 0 Å². The van der Waals surface area contributed by atoms with Crippen molar-refractivity contribution in [2.24, 2.45) is 5.73 Å². The van der Waals surface area contributed by atoms with Crippen molar-refractivity contribution < 1.29 is 4.79 Å². The van der Waals surface area contributed by atoms with E-state index in [2.05, 4.69) is 15.4 Å². The smallest absolute Gasteiger partial charge is 0.276 e. The van der Waals surface area contributed by atoms with Gasteiger partial charge in [0.1, 0.15) is 4.99 Å². The maximum absolute atomic E-state index is 12.0. The van der Waals surface area contributed by atoms with Crippen LogP contribution in [0.5, 0.6) is 0 Å². The van der Waals surface area contributed by atoms with Crippen LogP contribution >= 0.6 is 12.2 Å². The number of nitrogens with zero attached hydrogens (tertiary/aromatic N) is 3. The molecule has 0 fully saturated rings. The van der Waals surface area contributed by atoms with E-state index in [1.54, 1.807) is 11.9 Å². The molecule has 0 atom stereocenters. The molecule has 0 spiro atoms. The molecule has 0 aliphatic rings. The number of carbonyl (C=O) groups excluding carboxylic acids is 1. The predicted octanol–water partition coefficient (Wildman–Crippen LogP) is 0.711. The standard InChI is InChI=1S/C12H13N5OS/c1-17(12(18)10-6-14-16-15-10)7-8-3-2-4-9(5-8)11(13)19/h2-6H,7H2,1H3,(H2,13,19)(H,14,15,16).